The predicted octanol–water partition coefficient (Wildman–Crippen LogP) is 3.65. The molecule has 0 unspecified atom stereocenters. The van der Waals surface area contributed by atoms with E-state index in [1.165, 1.54) is 5.56 Å². The topological polar surface area (TPSA) is 20.2 Å². The van der Waals surface area contributed by atoms with Crippen LogP contribution in [0.3, 0.4) is 0 Å². The molecule has 0 bridgehead atoms. The van der Waals surface area contributed by atoms with E-state index in [-0.39, 0.29) is 10.8 Å². The van der Waals surface area contributed by atoms with Crippen molar-refractivity contribution in [3.05, 3.63) is 28.8 Å². The predicted molar refractivity (Wildman–Crippen MR) is 77.4 cm³/mol. The number of benzene rings is 1. The van der Waals surface area contributed by atoms with Crippen molar-refractivity contribution in [3.63, 3.8) is 0 Å². The maximum absolute atomic E-state index is 10.4. The second-order valence-corrected chi connectivity index (χ2v) is 6.71. The van der Waals surface area contributed by atoms with Crippen molar-refractivity contribution >= 4 is 8.38 Å². The summed E-state index contributed by atoms with van der Waals surface area (Å²) < 4.78 is 5.25. The highest BCUT2D eigenvalue weighted by Gasteiger charge is 2.25. The molecule has 94 valence electrons. The molecule has 2 heteroatoms. The minimum Gasteiger partial charge on any atom is -0.507 e. The summed E-state index contributed by atoms with van der Waals surface area (Å²) in [5, 5.41) is 10.4. The Morgan fingerprint density at radius 1 is 0.941 bits per heavy atom. The van der Waals surface area contributed by atoms with Gasteiger partial charge < -0.3 is 5.11 Å². The zero-order valence-corrected chi connectivity index (χ0v) is 12.2. The van der Waals surface area contributed by atoms with Crippen LogP contribution in [0.2, 0.25) is 0 Å². The molecule has 1 aromatic rings. The molecular formula is C15H25BO. The second-order valence-electron chi connectivity index (χ2n) is 6.71. The number of hydrogen-bond donors (Lipinski definition) is 1. The van der Waals surface area contributed by atoms with Gasteiger partial charge in [0.2, 0.25) is 0 Å². The Morgan fingerprint density at radius 2 is 1.24 bits per heavy atom. The zero-order chi connectivity index (χ0) is 14.7. The lowest BCUT2D eigenvalue weighted by atomic mass is 9.78. The van der Waals surface area contributed by atoms with E-state index in [4.69, 9.17) is 1.34 Å². The summed E-state index contributed by atoms with van der Waals surface area (Å²) in [7, 11) is 3.75. The first-order chi connectivity index (χ1) is 8.03. The summed E-state index contributed by atoms with van der Waals surface area (Å²) in [4.78, 5) is 0. The van der Waals surface area contributed by atoms with E-state index < -0.39 is 0 Å². The number of hydrogen-bond acceptors (Lipinski definition) is 1. The lowest BCUT2D eigenvalue weighted by Crippen LogP contribution is -2.17. The molecule has 0 aliphatic carbocycles. The highest BCUT2D eigenvalue weighted by atomic mass is 16.3. The number of phenols is 1. The molecule has 17 heavy (non-hydrogen) atoms. The average molecular weight is 234 g/mol. The van der Waals surface area contributed by atoms with Gasteiger partial charge >= 0.3 is 0 Å². The Hall–Kier alpha value is -0.915. The van der Waals surface area contributed by atoms with Crippen molar-refractivity contribution in [3.8, 4) is 5.75 Å². The highest BCUT2D eigenvalue weighted by Crippen LogP contribution is 2.39. The summed E-state index contributed by atoms with van der Waals surface area (Å²) in [6.07, 6.45) is 0. The van der Waals surface area contributed by atoms with E-state index in [0.717, 1.165) is 11.1 Å². The molecule has 0 aliphatic heterocycles. The molecule has 0 atom stereocenters. The molecule has 1 aromatic carbocycles. The third-order valence-electron chi connectivity index (χ3n) is 2.87. The van der Waals surface area contributed by atoms with Crippen molar-refractivity contribution < 1.29 is 5.11 Å². The van der Waals surface area contributed by atoms with Gasteiger partial charge in [-0.1, -0.05) is 59.2 Å². The van der Waals surface area contributed by atoms with Crippen LogP contribution in [0.4, 0.5) is 0 Å². The Balaban J connectivity index is 0.00000137. The Bertz CT molecular complexity index is 365. The van der Waals surface area contributed by atoms with Gasteiger partial charge in [0.1, 0.15) is 5.75 Å². The summed E-state index contributed by atoms with van der Waals surface area (Å²) in [6.45, 7) is 14.9. The SMILES string of the molecule is Cc1cc(C(C)(C)C)c(O)c(C(C)(C)C)c1.[3H][B]. The normalized spacial score (nSPS) is 12.5. The van der Waals surface area contributed by atoms with E-state index in [2.05, 4.69) is 69.0 Å². The molecule has 0 amide bonds. The Labute approximate surface area is 109 Å². The van der Waals surface area contributed by atoms with Crippen LogP contribution in [0.5, 0.6) is 5.75 Å². The largest absolute Gasteiger partial charge is 0.507 e. The van der Waals surface area contributed by atoms with E-state index in [1.807, 2.05) is 0 Å². The summed E-state index contributed by atoms with van der Waals surface area (Å²) in [5.74, 6) is 0.464. The maximum Gasteiger partial charge on any atom is 0.123 e. The van der Waals surface area contributed by atoms with Crippen LogP contribution in [-0.4, -0.2) is 14.8 Å². The van der Waals surface area contributed by atoms with Gasteiger partial charge in [0.15, 0.2) is 0 Å². The fourth-order valence-electron chi connectivity index (χ4n) is 1.92. The fraction of sp³-hybridized carbons (Fsp3) is 0.600. The zero-order valence-electron chi connectivity index (χ0n) is 13.2. The van der Waals surface area contributed by atoms with E-state index in [9.17, 15) is 5.11 Å². The summed E-state index contributed by atoms with van der Waals surface area (Å²) >= 11 is 0. The average Bonchev–Trinajstić information content (AvgIpc) is 2.21. The van der Waals surface area contributed by atoms with Gasteiger partial charge in [0.05, 0.1) is 0 Å². The number of aryl methyl sites for hydroxylation is 1. The van der Waals surface area contributed by atoms with E-state index in [1.54, 1.807) is 0 Å². The van der Waals surface area contributed by atoms with Crippen LogP contribution >= 0.6 is 0 Å². The minimum atomic E-state index is -0.0178. The maximum atomic E-state index is 10.4. The lowest BCUT2D eigenvalue weighted by molar-refractivity contribution is 0.423. The number of rotatable bonds is 0. The molecule has 0 fully saturated rings. The minimum absolute atomic E-state index is 0.0178. The molecule has 0 saturated heterocycles. The molecule has 0 saturated carbocycles. The first-order valence-corrected chi connectivity index (χ1v) is 5.88. The van der Waals surface area contributed by atoms with Gasteiger partial charge in [-0.25, -0.2) is 0 Å². The second kappa shape index (κ2) is 4.76. The molecular weight excluding hydrogens is 207 g/mol. The van der Waals surface area contributed by atoms with Gasteiger partial charge in [-0.3, -0.25) is 0 Å². The van der Waals surface area contributed by atoms with Gasteiger partial charge in [-0.15, -0.1) is 0 Å². The number of phenolic OH excluding ortho intramolecular Hbond substituents is 1. The molecule has 0 heterocycles. The van der Waals surface area contributed by atoms with Gasteiger partial charge in [0, 0.05) is 8.38 Å². The molecule has 0 aliphatic rings. The van der Waals surface area contributed by atoms with Gasteiger partial charge in [-0.05, 0) is 30.2 Å². The van der Waals surface area contributed by atoms with Crippen molar-refractivity contribution in [2.75, 3.05) is 0 Å². The van der Waals surface area contributed by atoms with Crippen LogP contribution < -0.4 is 0 Å². The van der Waals surface area contributed by atoms with Gasteiger partial charge in [0.25, 0.3) is 0 Å². The first-order valence-electron chi connectivity index (χ1n) is 6.46. The monoisotopic (exact) mass is 234 g/mol. The Kier molecular flexibility index (Phi) is 3.96. The lowest BCUT2D eigenvalue weighted by Gasteiger charge is -2.27. The van der Waals surface area contributed by atoms with Crippen molar-refractivity contribution in [1.82, 2.24) is 0 Å². The molecule has 2 radical (unpaired) electrons. The smallest absolute Gasteiger partial charge is 0.123 e. The molecule has 1 rings (SSSR count). The van der Waals surface area contributed by atoms with E-state index in [0.29, 0.717) is 5.75 Å². The van der Waals surface area contributed by atoms with Crippen LogP contribution in [0.15, 0.2) is 12.1 Å². The van der Waals surface area contributed by atoms with Crippen LogP contribution in [0.25, 0.3) is 0 Å². The third kappa shape index (κ3) is 3.52. The summed E-state index contributed by atoms with van der Waals surface area (Å²) in [6, 6.07) is 4.18. The van der Waals surface area contributed by atoms with Crippen molar-refractivity contribution in [2.45, 2.75) is 59.3 Å². The Morgan fingerprint density at radius 3 is 1.47 bits per heavy atom. The molecule has 0 aromatic heterocycles. The van der Waals surface area contributed by atoms with Crippen molar-refractivity contribution in [2.24, 2.45) is 0 Å². The molecule has 1 nitrogen and oxygen atoms in total. The third-order valence-corrected chi connectivity index (χ3v) is 2.87. The molecule has 0 spiro atoms. The highest BCUT2D eigenvalue weighted by molar-refractivity contribution is 5.75. The van der Waals surface area contributed by atoms with Crippen LogP contribution in [0.1, 0.15) is 58.2 Å². The van der Waals surface area contributed by atoms with Crippen LogP contribution in [0, 0.1) is 6.92 Å². The fourth-order valence-corrected chi connectivity index (χ4v) is 1.92. The molecule has 1 N–H and O–H groups in total. The van der Waals surface area contributed by atoms with Crippen molar-refractivity contribution in [1.29, 1.82) is 1.34 Å². The quantitative estimate of drug-likeness (QED) is 0.679. The number of aromatic hydroxyl groups is 1. The van der Waals surface area contributed by atoms with E-state index >= 15 is 0 Å². The summed E-state index contributed by atoms with van der Waals surface area (Å²) in [5.41, 5.74) is 3.26. The first kappa shape index (κ1) is 14.1. The standard InChI is InChI=1S/C15H24O.BH/c1-10-8-11(14(2,3)4)13(16)12(9-10)15(5,6)7;/h8-9,16H,1-7H3;1H/i;1T. The van der Waals surface area contributed by atoms with Gasteiger partial charge in [-0.2, -0.15) is 0 Å². The van der Waals surface area contributed by atoms with Crippen LogP contribution in [-0.2, 0) is 10.8 Å².